The van der Waals surface area contributed by atoms with E-state index in [0.717, 1.165) is 36.2 Å². The normalized spacial score (nSPS) is 16.2. The molecule has 134 valence electrons. The minimum Gasteiger partial charge on any atom is -0.352 e. The summed E-state index contributed by atoms with van der Waals surface area (Å²) >= 11 is 6.05. The standard InChI is InChI=1S/C20H26ClN3O/c1-15-8-12-24(13-9-15)11-5-4-10-22-20(25)17-14-19(21)23-18-7-3-2-6-16(17)18/h2-3,6-7,14-15H,4-5,8-13H2,1H3,(H,22,25). The van der Waals surface area contributed by atoms with Crippen molar-refractivity contribution < 1.29 is 4.79 Å². The number of piperidine rings is 1. The number of pyridine rings is 1. The molecule has 0 unspecified atom stereocenters. The molecule has 3 rings (SSSR count). The minimum atomic E-state index is -0.0766. The van der Waals surface area contributed by atoms with E-state index < -0.39 is 0 Å². The number of carbonyl (C=O) groups excluding carboxylic acids is 1. The van der Waals surface area contributed by atoms with Crippen LogP contribution < -0.4 is 5.32 Å². The first-order valence-corrected chi connectivity index (χ1v) is 9.57. The largest absolute Gasteiger partial charge is 0.352 e. The lowest BCUT2D eigenvalue weighted by atomic mass is 9.99. The number of para-hydroxylation sites is 1. The molecule has 0 saturated carbocycles. The van der Waals surface area contributed by atoms with Gasteiger partial charge in [0, 0.05) is 11.9 Å². The molecule has 0 atom stereocenters. The van der Waals surface area contributed by atoms with E-state index in [2.05, 4.69) is 22.1 Å². The Morgan fingerprint density at radius 2 is 2.04 bits per heavy atom. The third-order valence-corrected chi connectivity index (χ3v) is 5.19. The van der Waals surface area contributed by atoms with Gasteiger partial charge in [0.1, 0.15) is 5.15 Å². The van der Waals surface area contributed by atoms with E-state index in [1.807, 2.05) is 24.3 Å². The van der Waals surface area contributed by atoms with Crippen LogP contribution in [0.3, 0.4) is 0 Å². The molecule has 25 heavy (non-hydrogen) atoms. The number of halogens is 1. The van der Waals surface area contributed by atoms with Crippen molar-refractivity contribution in [1.29, 1.82) is 0 Å². The van der Waals surface area contributed by atoms with E-state index in [9.17, 15) is 4.79 Å². The molecule has 1 aromatic carbocycles. The van der Waals surface area contributed by atoms with Crippen molar-refractivity contribution in [1.82, 2.24) is 15.2 Å². The Kier molecular flexibility index (Phi) is 6.27. The quantitative estimate of drug-likeness (QED) is 0.623. The first kappa shape index (κ1) is 18.2. The predicted octanol–water partition coefficient (Wildman–Crippen LogP) is 4.13. The molecular weight excluding hydrogens is 334 g/mol. The Bertz CT molecular complexity index is 726. The van der Waals surface area contributed by atoms with Crippen LogP contribution in [0.25, 0.3) is 10.9 Å². The summed E-state index contributed by atoms with van der Waals surface area (Å²) in [6.07, 6.45) is 4.74. The van der Waals surface area contributed by atoms with Crippen LogP contribution in [0.1, 0.15) is 43.0 Å². The maximum atomic E-state index is 12.5. The van der Waals surface area contributed by atoms with Gasteiger partial charge in [-0.2, -0.15) is 0 Å². The SMILES string of the molecule is CC1CCN(CCCCNC(=O)c2cc(Cl)nc3ccccc23)CC1. The van der Waals surface area contributed by atoms with Gasteiger partial charge in [-0.3, -0.25) is 4.79 Å². The van der Waals surface area contributed by atoms with Crippen molar-refractivity contribution in [3.8, 4) is 0 Å². The highest BCUT2D eigenvalue weighted by atomic mass is 35.5. The van der Waals surface area contributed by atoms with Crippen LogP contribution in [0, 0.1) is 5.92 Å². The summed E-state index contributed by atoms with van der Waals surface area (Å²) in [7, 11) is 0. The Labute approximate surface area is 154 Å². The molecule has 5 heteroatoms. The fourth-order valence-corrected chi connectivity index (χ4v) is 3.57. The molecule has 4 nitrogen and oxygen atoms in total. The van der Waals surface area contributed by atoms with Gasteiger partial charge in [0.2, 0.25) is 0 Å². The van der Waals surface area contributed by atoms with Gasteiger partial charge < -0.3 is 10.2 Å². The van der Waals surface area contributed by atoms with Gasteiger partial charge >= 0.3 is 0 Å². The summed E-state index contributed by atoms with van der Waals surface area (Å²) in [4.78, 5) is 19.3. The van der Waals surface area contributed by atoms with E-state index in [1.165, 1.54) is 25.9 Å². The zero-order valence-electron chi connectivity index (χ0n) is 14.8. The Hall–Kier alpha value is -1.65. The van der Waals surface area contributed by atoms with Crippen LogP contribution in [0.15, 0.2) is 30.3 Å². The van der Waals surface area contributed by atoms with Crippen molar-refractivity contribution in [2.24, 2.45) is 5.92 Å². The van der Waals surface area contributed by atoms with Crippen molar-refractivity contribution in [3.05, 3.63) is 41.0 Å². The van der Waals surface area contributed by atoms with Gasteiger partial charge in [-0.25, -0.2) is 4.98 Å². The third kappa shape index (κ3) is 4.93. The molecule has 1 saturated heterocycles. The monoisotopic (exact) mass is 359 g/mol. The number of hydrogen-bond acceptors (Lipinski definition) is 3. The first-order valence-electron chi connectivity index (χ1n) is 9.19. The molecule has 1 aliphatic rings. The molecule has 0 bridgehead atoms. The lowest BCUT2D eigenvalue weighted by Crippen LogP contribution is -2.34. The minimum absolute atomic E-state index is 0.0766. The number of amides is 1. The number of fused-ring (bicyclic) bond motifs is 1. The number of likely N-dealkylation sites (tertiary alicyclic amines) is 1. The number of nitrogens with zero attached hydrogens (tertiary/aromatic N) is 2. The van der Waals surface area contributed by atoms with Crippen molar-refractivity contribution >= 4 is 28.4 Å². The number of nitrogens with one attached hydrogen (secondary N) is 1. The summed E-state index contributed by atoms with van der Waals surface area (Å²) in [6, 6.07) is 9.24. The smallest absolute Gasteiger partial charge is 0.252 e. The molecule has 1 fully saturated rings. The molecule has 1 amide bonds. The second-order valence-corrected chi connectivity index (χ2v) is 7.38. The summed E-state index contributed by atoms with van der Waals surface area (Å²) in [5, 5.41) is 4.21. The molecule has 1 aliphatic heterocycles. The number of hydrogen-bond donors (Lipinski definition) is 1. The highest BCUT2D eigenvalue weighted by molar-refractivity contribution is 6.30. The Morgan fingerprint density at radius 1 is 1.28 bits per heavy atom. The zero-order valence-corrected chi connectivity index (χ0v) is 15.6. The van der Waals surface area contributed by atoms with Crippen molar-refractivity contribution in [2.75, 3.05) is 26.2 Å². The third-order valence-electron chi connectivity index (χ3n) is 4.99. The zero-order chi connectivity index (χ0) is 17.6. The number of unbranched alkanes of at least 4 members (excludes halogenated alkanes) is 1. The van der Waals surface area contributed by atoms with Crippen LogP contribution in [0.5, 0.6) is 0 Å². The number of benzene rings is 1. The fourth-order valence-electron chi connectivity index (χ4n) is 3.37. The predicted molar refractivity (Wildman–Crippen MR) is 103 cm³/mol. The van der Waals surface area contributed by atoms with E-state index >= 15 is 0 Å². The van der Waals surface area contributed by atoms with Crippen molar-refractivity contribution in [2.45, 2.75) is 32.6 Å². The van der Waals surface area contributed by atoms with E-state index in [1.54, 1.807) is 6.07 Å². The Balaban J connectivity index is 1.47. The van der Waals surface area contributed by atoms with E-state index in [4.69, 9.17) is 11.6 Å². The molecule has 0 radical (unpaired) electrons. The number of rotatable bonds is 6. The van der Waals surface area contributed by atoms with Crippen LogP contribution in [0.2, 0.25) is 5.15 Å². The molecule has 2 aromatic rings. The van der Waals surface area contributed by atoms with Gasteiger partial charge in [-0.05, 0) is 63.4 Å². The number of aromatic nitrogens is 1. The van der Waals surface area contributed by atoms with E-state index in [0.29, 0.717) is 17.3 Å². The Morgan fingerprint density at radius 3 is 2.84 bits per heavy atom. The van der Waals surface area contributed by atoms with Gasteiger partial charge in [-0.15, -0.1) is 0 Å². The maximum Gasteiger partial charge on any atom is 0.252 e. The molecule has 0 spiro atoms. The molecule has 0 aliphatic carbocycles. The first-order chi connectivity index (χ1) is 12.1. The van der Waals surface area contributed by atoms with Crippen LogP contribution in [0.4, 0.5) is 0 Å². The fraction of sp³-hybridized carbons (Fsp3) is 0.500. The maximum absolute atomic E-state index is 12.5. The van der Waals surface area contributed by atoms with Gasteiger partial charge in [0.15, 0.2) is 0 Å². The topological polar surface area (TPSA) is 45.2 Å². The van der Waals surface area contributed by atoms with Crippen LogP contribution >= 0.6 is 11.6 Å². The highest BCUT2D eigenvalue weighted by Gasteiger charge is 2.15. The van der Waals surface area contributed by atoms with Gasteiger partial charge in [0.25, 0.3) is 5.91 Å². The molecule has 2 heterocycles. The van der Waals surface area contributed by atoms with Gasteiger partial charge in [-0.1, -0.05) is 36.7 Å². The lowest BCUT2D eigenvalue weighted by Gasteiger charge is -2.30. The summed E-state index contributed by atoms with van der Waals surface area (Å²) in [5.74, 6) is 0.796. The molecule has 1 N–H and O–H groups in total. The number of carbonyl (C=O) groups is 1. The van der Waals surface area contributed by atoms with Crippen molar-refractivity contribution in [3.63, 3.8) is 0 Å². The molecule has 1 aromatic heterocycles. The van der Waals surface area contributed by atoms with E-state index in [-0.39, 0.29) is 5.91 Å². The molecular formula is C20H26ClN3O. The summed E-state index contributed by atoms with van der Waals surface area (Å²) in [6.45, 7) is 6.59. The second-order valence-electron chi connectivity index (χ2n) is 7.00. The van der Waals surface area contributed by atoms with Gasteiger partial charge in [0.05, 0.1) is 11.1 Å². The van der Waals surface area contributed by atoms with Crippen LogP contribution in [-0.4, -0.2) is 42.0 Å². The average molecular weight is 360 g/mol. The van der Waals surface area contributed by atoms with Crippen LogP contribution in [-0.2, 0) is 0 Å². The lowest BCUT2D eigenvalue weighted by molar-refractivity contribution is 0.0953. The average Bonchev–Trinajstić information content (AvgIpc) is 2.62. The highest BCUT2D eigenvalue weighted by Crippen LogP contribution is 2.20. The summed E-state index contributed by atoms with van der Waals surface area (Å²) in [5.41, 5.74) is 1.35. The summed E-state index contributed by atoms with van der Waals surface area (Å²) < 4.78 is 0. The second kappa shape index (κ2) is 8.63.